The fraction of sp³-hybridized carbons (Fsp3) is 0.136. The number of halogens is 1. The van der Waals surface area contributed by atoms with Gasteiger partial charge in [0.2, 0.25) is 5.91 Å². The third kappa shape index (κ3) is 6.10. The van der Waals surface area contributed by atoms with Crippen molar-refractivity contribution < 1.29 is 13.2 Å². The van der Waals surface area contributed by atoms with Gasteiger partial charge >= 0.3 is 0 Å². The average Bonchev–Trinajstić information content (AvgIpc) is 2.71. The van der Waals surface area contributed by atoms with Crippen LogP contribution in [0.3, 0.4) is 0 Å². The molecule has 3 rings (SSSR count). The molecule has 1 amide bonds. The maximum absolute atomic E-state index is 12.5. The van der Waals surface area contributed by atoms with Gasteiger partial charge in [0.15, 0.2) is 0 Å². The number of hydrogen-bond donors (Lipinski definition) is 2. The molecule has 30 heavy (non-hydrogen) atoms. The van der Waals surface area contributed by atoms with Crippen LogP contribution in [-0.4, -0.2) is 19.6 Å². The summed E-state index contributed by atoms with van der Waals surface area (Å²) in [6.45, 7) is 3.85. The minimum absolute atomic E-state index is 0.116. The first-order valence-corrected chi connectivity index (χ1v) is 12.3. The monoisotopic (exact) mass is 504 g/mol. The Labute approximate surface area is 189 Å². The van der Waals surface area contributed by atoms with Gasteiger partial charge in [-0.15, -0.1) is 11.8 Å². The summed E-state index contributed by atoms with van der Waals surface area (Å²) in [6.07, 6.45) is 0. The molecule has 8 heteroatoms. The van der Waals surface area contributed by atoms with Gasteiger partial charge in [-0.25, -0.2) is 8.42 Å². The van der Waals surface area contributed by atoms with Crippen LogP contribution in [0.4, 0.5) is 11.4 Å². The molecular weight excluding hydrogens is 484 g/mol. The number of benzene rings is 3. The summed E-state index contributed by atoms with van der Waals surface area (Å²) in [7, 11) is -3.71. The van der Waals surface area contributed by atoms with Gasteiger partial charge < -0.3 is 5.32 Å². The maximum atomic E-state index is 12.5. The van der Waals surface area contributed by atoms with Gasteiger partial charge in [0.1, 0.15) is 0 Å². The van der Waals surface area contributed by atoms with Crippen molar-refractivity contribution >= 4 is 55.0 Å². The number of hydrogen-bond acceptors (Lipinski definition) is 4. The normalized spacial score (nSPS) is 12.2. The molecule has 5 nitrogen and oxygen atoms in total. The zero-order chi connectivity index (χ0) is 21.7. The molecule has 0 heterocycles. The standard InChI is InChI=1S/C22H21BrN2O3S2/c1-15-3-11-20(12-4-15)29-16(2)22(26)24-18-9-13-21(14-10-18)30(27,28)25-19-7-5-17(23)6-8-19/h3-14,16,25H,1-2H3,(H,24,26)/t16-/m0/s1. The van der Waals surface area contributed by atoms with Gasteiger partial charge in [-0.05, 0) is 74.5 Å². The topological polar surface area (TPSA) is 75.3 Å². The van der Waals surface area contributed by atoms with Crippen molar-refractivity contribution in [3.63, 3.8) is 0 Å². The highest BCUT2D eigenvalue weighted by atomic mass is 79.9. The van der Waals surface area contributed by atoms with Crippen molar-refractivity contribution in [2.24, 2.45) is 0 Å². The largest absolute Gasteiger partial charge is 0.325 e. The first-order chi connectivity index (χ1) is 14.2. The van der Waals surface area contributed by atoms with Gasteiger partial charge in [0.05, 0.1) is 10.1 Å². The Kier molecular flexibility index (Phi) is 7.23. The molecule has 0 fully saturated rings. The second-order valence-electron chi connectivity index (χ2n) is 6.70. The Hall–Kier alpha value is -2.29. The molecule has 0 aliphatic rings. The Morgan fingerprint density at radius 3 is 2.07 bits per heavy atom. The molecule has 0 aromatic heterocycles. The lowest BCUT2D eigenvalue weighted by Gasteiger charge is -2.13. The van der Waals surface area contributed by atoms with Gasteiger partial charge in [0, 0.05) is 20.7 Å². The Balaban J connectivity index is 1.62. The van der Waals surface area contributed by atoms with E-state index in [9.17, 15) is 13.2 Å². The van der Waals surface area contributed by atoms with Crippen molar-refractivity contribution in [1.29, 1.82) is 0 Å². The average molecular weight is 505 g/mol. The molecule has 1 atom stereocenters. The molecule has 156 valence electrons. The van der Waals surface area contributed by atoms with E-state index in [4.69, 9.17) is 0 Å². The molecule has 3 aromatic carbocycles. The van der Waals surface area contributed by atoms with Crippen LogP contribution in [0.15, 0.2) is 87.1 Å². The van der Waals surface area contributed by atoms with Crippen LogP contribution >= 0.6 is 27.7 Å². The van der Waals surface area contributed by atoms with Crippen molar-refractivity contribution in [2.75, 3.05) is 10.0 Å². The summed E-state index contributed by atoms with van der Waals surface area (Å²) in [5.74, 6) is -0.149. The zero-order valence-electron chi connectivity index (χ0n) is 16.4. The number of rotatable bonds is 7. The first kappa shape index (κ1) is 22.4. The maximum Gasteiger partial charge on any atom is 0.261 e. The minimum Gasteiger partial charge on any atom is -0.325 e. The minimum atomic E-state index is -3.71. The summed E-state index contributed by atoms with van der Waals surface area (Å²) in [6, 6.07) is 20.9. The summed E-state index contributed by atoms with van der Waals surface area (Å²) in [5.41, 5.74) is 2.18. The highest BCUT2D eigenvalue weighted by Gasteiger charge is 2.17. The molecule has 0 bridgehead atoms. The summed E-state index contributed by atoms with van der Waals surface area (Å²) in [5, 5.41) is 2.53. The molecule has 0 saturated heterocycles. The van der Waals surface area contributed by atoms with Gasteiger partial charge in [-0.2, -0.15) is 0 Å². The Bertz CT molecular complexity index is 1110. The van der Waals surface area contributed by atoms with E-state index in [1.165, 1.54) is 29.5 Å². The van der Waals surface area contributed by atoms with Crippen molar-refractivity contribution in [1.82, 2.24) is 0 Å². The Morgan fingerprint density at radius 1 is 0.900 bits per heavy atom. The third-order valence-corrected chi connectivity index (χ3v) is 7.27. The van der Waals surface area contributed by atoms with E-state index in [1.54, 1.807) is 36.4 Å². The predicted molar refractivity (Wildman–Crippen MR) is 127 cm³/mol. The number of aryl methyl sites for hydroxylation is 1. The van der Waals surface area contributed by atoms with E-state index < -0.39 is 10.0 Å². The second kappa shape index (κ2) is 9.68. The SMILES string of the molecule is Cc1ccc(S[C@@H](C)C(=O)Nc2ccc(S(=O)(=O)Nc3ccc(Br)cc3)cc2)cc1. The van der Waals surface area contributed by atoms with Gasteiger partial charge in [-0.1, -0.05) is 33.6 Å². The fourth-order valence-electron chi connectivity index (χ4n) is 2.57. The number of carbonyl (C=O) groups excluding carboxylic acids is 1. The lowest BCUT2D eigenvalue weighted by atomic mass is 10.2. The second-order valence-corrected chi connectivity index (χ2v) is 10.7. The molecule has 0 aliphatic carbocycles. The molecule has 0 spiro atoms. The number of amides is 1. The van der Waals surface area contributed by atoms with E-state index >= 15 is 0 Å². The highest BCUT2D eigenvalue weighted by molar-refractivity contribution is 9.10. The van der Waals surface area contributed by atoms with Crippen LogP contribution in [0.2, 0.25) is 0 Å². The predicted octanol–water partition coefficient (Wildman–Crippen LogP) is 5.68. The van der Waals surface area contributed by atoms with Crippen LogP contribution in [0.5, 0.6) is 0 Å². The van der Waals surface area contributed by atoms with E-state index in [1.807, 2.05) is 38.1 Å². The first-order valence-electron chi connectivity index (χ1n) is 9.15. The number of sulfonamides is 1. The molecule has 0 radical (unpaired) electrons. The zero-order valence-corrected chi connectivity index (χ0v) is 19.6. The van der Waals surface area contributed by atoms with Crippen LogP contribution in [0, 0.1) is 6.92 Å². The fourth-order valence-corrected chi connectivity index (χ4v) is 4.76. The number of nitrogens with one attached hydrogen (secondary N) is 2. The van der Waals surface area contributed by atoms with E-state index in [0.717, 1.165) is 9.37 Å². The molecule has 3 aromatic rings. The van der Waals surface area contributed by atoms with Crippen molar-refractivity contribution in [3.8, 4) is 0 Å². The molecule has 2 N–H and O–H groups in total. The smallest absolute Gasteiger partial charge is 0.261 e. The van der Waals surface area contributed by atoms with Crippen molar-refractivity contribution in [3.05, 3.63) is 82.8 Å². The summed E-state index contributed by atoms with van der Waals surface area (Å²) >= 11 is 4.78. The van der Waals surface area contributed by atoms with Crippen LogP contribution in [0.25, 0.3) is 0 Å². The number of carbonyl (C=O) groups is 1. The quantitative estimate of drug-likeness (QED) is 0.406. The summed E-state index contributed by atoms with van der Waals surface area (Å²) < 4.78 is 28.5. The van der Waals surface area contributed by atoms with E-state index in [2.05, 4.69) is 26.0 Å². The van der Waals surface area contributed by atoms with Gasteiger partial charge in [-0.3, -0.25) is 9.52 Å². The number of anilines is 2. The number of thioether (sulfide) groups is 1. The van der Waals surface area contributed by atoms with Crippen molar-refractivity contribution in [2.45, 2.75) is 28.9 Å². The highest BCUT2D eigenvalue weighted by Crippen LogP contribution is 2.25. The summed E-state index contributed by atoms with van der Waals surface area (Å²) in [4.78, 5) is 13.6. The van der Waals surface area contributed by atoms with Gasteiger partial charge in [0.25, 0.3) is 10.0 Å². The molecular formula is C22H21BrN2O3S2. The lowest BCUT2D eigenvalue weighted by Crippen LogP contribution is -2.22. The van der Waals surface area contributed by atoms with E-state index in [-0.39, 0.29) is 16.1 Å². The molecule has 0 aliphatic heterocycles. The third-order valence-electron chi connectivity index (χ3n) is 4.23. The Morgan fingerprint density at radius 2 is 1.47 bits per heavy atom. The van der Waals surface area contributed by atoms with Crippen LogP contribution in [-0.2, 0) is 14.8 Å². The van der Waals surface area contributed by atoms with Crippen LogP contribution < -0.4 is 10.0 Å². The van der Waals surface area contributed by atoms with Crippen LogP contribution in [0.1, 0.15) is 12.5 Å². The molecule has 0 saturated carbocycles. The lowest BCUT2D eigenvalue weighted by molar-refractivity contribution is -0.115. The molecule has 0 unspecified atom stereocenters. The van der Waals surface area contributed by atoms with E-state index in [0.29, 0.717) is 11.4 Å².